The average molecular weight is 2230 g/mol. The van der Waals surface area contributed by atoms with Crippen LogP contribution in [-0.4, -0.2) is 360 Å². The Bertz CT molecular complexity index is 5300. The molecule has 9 aliphatic rings. The molecule has 0 spiro atoms. The van der Waals surface area contributed by atoms with Crippen LogP contribution in [0.3, 0.4) is 0 Å². The van der Waals surface area contributed by atoms with Crippen molar-refractivity contribution >= 4 is 128 Å². The van der Waals surface area contributed by atoms with Gasteiger partial charge in [0.25, 0.3) is 0 Å². The van der Waals surface area contributed by atoms with Crippen LogP contribution in [0.15, 0.2) is 0 Å². The fourth-order valence-electron chi connectivity index (χ4n) is 17.6. The van der Waals surface area contributed by atoms with Crippen LogP contribution in [0.2, 0.25) is 0 Å². The Morgan fingerprint density at radius 3 is 0.942 bits per heavy atom. The molecule has 9 fully saturated rings. The van der Waals surface area contributed by atoms with E-state index in [0.717, 1.165) is 20.8 Å². The summed E-state index contributed by atoms with van der Waals surface area (Å²) >= 11 is 0.131. The molecule has 74 heteroatoms. The van der Waals surface area contributed by atoms with Crippen molar-refractivity contribution in [3.05, 3.63) is 0 Å². The van der Waals surface area contributed by atoms with Gasteiger partial charge in [0.05, 0.1) is 93.8 Å². The van der Waals surface area contributed by atoms with E-state index in [1.807, 2.05) is 13.8 Å². The molecule has 0 aromatic carbocycles. The summed E-state index contributed by atoms with van der Waals surface area (Å²) in [6, 6.07) is 0. The summed E-state index contributed by atoms with van der Waals surface area (Å²) in [5.41, 5.74) is -2.38. The van der Waals surface area contributed by atoms with Gasteiger partial charge >= 0.3 is 0 Å². The highest BCUT2D eigenvalue weighted by Crippen LogP contribution is 2.64. The number of rotatable bonds is 45. The highest BCUT2D eigenvalue weighted by Gasteiger charge is 2.74. The van der Waals surface area contributed by atoms with Crippen molar-refractivity contribution in [2.24, 2.45) is 76.9 Å². The van der Waals surface area contributed by atoms with Crippen molar-refractivity contribution in [1.82, 2.24) is 0 Å². The maximum absolute atomic E-state index is 12.9. The number of carbonyl (C=O) groups is 2. The molecular formula is C64H97O63S11-13. The zero-order valence-electron chi connectivity index (χ0n) is 74.0. The van der Waals surface area contributed by atoms with Gasteiger partial charge in [-0.2, -0.15) is 0 Å². The van der Waals surface area contributed by atoms with Crippen LogP contribution in [0.4, 0.5) is 0 Å². The molecule has 0 radical (unpaired) electrons. The second-order valence-corrected chi connectivity index (χ2v) is 44.5. The minimum atomic E-state index is -6.34. The van der Waals surface area contributed by atoms with Crippen LogP contribution in [0.25, 0.3) is 0 Å². The fraction of sp³-hybridized carbons (Fsp3) is 0.969. The molecule has 0 amide bonds. The lowest BCUT2D eigenvalue weighted by Crippen LogP contribution is -2.66. The van der Waals surface area contributed by atoms with Gasteiger partial charge in [0.2, 0.25) is 104 Å². The molecule has 41 atom stereocenters. The molecule has 138 heavy (non-hydrogen) atoms. The molecule has 23 unspecified atom stereocenters. The molecule has 1 aliphatic carbocycles. The molecule has 0 bridgehead atoms. The van der Waals surface area contributed by atoms with Crippen LogP contribution in [0.5, 0.6) is 0 Å². The Kier molecular flexibility index (Phi) is 41.4. The molecule has 8 aliphatic heterocycles. The van der Waals surface area contributed by atoms with Crippen molar-refractivity contribution in [3.8, 4) is 0 Å². The topological polar surface area (TPSA) is 934 Å². The molecule has 8 heterocycles. The van der Waals surface area contributed by atoms with Crippen LogP contribution >= 0.6 is 12.3 Å². The number of methoxy groups -OCH3 is 1. The Hall–Kier alpha value is -2.77. The first-order chi connectivity index (χ1) is 63.0. The molecule has 8 saturated heterocycles. The van der Waals surface area contributed by atoms with Gasteiger partial charge in [0.15, 0.2) is 56.2 Å². The van der Waals surface area contributed by atoms with Gasteiger partial charge in [-0.3, -0.25) is 51.1 Å². The Balaban J connectivity index is 0.000000395. The highest BCUT2D eigenvalue weighted by atomic mass is 32.3. The number of aliphatic carboxylic acids is 2. The molecule has 63 nitrogen and oxygen atoms in total. The van der Waals surface area contributed by atoms with E-state index in [-0.39, 0.29) is 30.3 Å². The third kappa shape index (κ3) is 33.6. The lowest BCUT2D eigenvalue weighted by Gasteiger charge is -2.51. The standard InChI is InChI=1S/C39H64O42S7.C25H46O21S4/c1-12-14(3)35(70-18(23(12)65-8)9-66-82(44,45)46)72-24-13(2)15(4)36(76-31(24)34(42)43)73-27-20(11-68-84(50,51)52)71-38(32(81-88(62,63)64)30(27)80-87(59,60)61)77-39(7)21-16(5)37(75-28(22(21)39)33(40)41)74-26-19(10-67-83(47,48)49)69-17(6)25(78-85(53,54)55)29(26)79-86(56,57)58;1-11-12(2)21(18(39-17(11)7)8-36-48(27,28)29)42-24-15(5)13(3)22(19(40-24)9-37-49(30,31)32)43-25-16(6)14(4)23(44-47-46-45-26)20(41-25)10-38-50(33,34)35/h12-32,35-38H,9-11H2,1-8H3,(H,40,41)(H,42,43)(H,44,45,46)(H,47,48,49)(H,50,51,52)(H,53,54,55)(H,56,57,58)(H,59,60,61)(H,62,63,64);11-26H,8-10H2,1-7H3,(H,27,28,29)(H,30,31,32)(H,33,34,35)/p-13/t12?,13?,14?,15?,16?,17-,18?,19?,20?,21-,22+,23+,24+,25?,26-,27-,28?,29?,30+,31?,32?,35-,36-,37-,38+,39?;11?,12?,13?,14?,15?,16?,17-,18?,19?,20?,21+,22+,23+,24-,25-/m11/s1. The number of fused-ring (bicyclic) bond motifs is 1. The quantitative estimate of drug-likeness (QED) is 0.0136. The van der Waals surface area contributed by atoms with E-state index in [0.29, 0.717) is 0 Å². The van der Waals surface area contributed by atoms with E-state index in [1.165, 1.54) is 27.9 Å². The van der Waals surface area contributed by atoms with Gasteiger partial charge < -0.3 is 142 Å². The van der Waals surface area contributed by atoms with Crippen LogP contribution in [0.1, 0.15) is 96.9 Å². The highest BCUT2D eigenvalue weighted by molar-refractivity contribution is 7.89. The van der Waals surface area contributed by atoms with Crippen molar-refractivity contribution in [2.75, 3.05) is 46.8 Å². The van der Waals surface area contributed by atoms with Gasteiger partial charge in [0.1, 0.15) is 85.5 Å². The maximum Gasteiger partial charge on any atom is 0.218 e. The van der Waals surface area contributed by atoms with Crippen LogP contribution in [-0.2, 0) is 240 Å². The smallest absolute Gasteiger partial charge is 0.218 e. The lowest BCUT2D eigenvalue weighted by molar-refractivity contribution is -0.777. The molecular weight excluding hydrogens is 2130 g/mol. The third-order valence-corrected chi connectivity index (χ3v) is 30.0. The largest absolute Gasteiger partial charge is 0.726 e. The Morgan fingerprint density at radius 2 is 0.565 bits per heavy atom. The summed E-state index contributed by atoms with van der Waals surface area (Å²) in [6.07, 6.45) is -50.2. The summed E-state index contributed by atoms with van der Waals surface area (Å²) in [5, 5.41) is 39.3. The summed E-state index contributed by atoms with van der Waals surface area (Å²) < 4.78 is 495. The van der Waals surface area contributed by atoms with E-state index in [1.54, 1.807) is 41.5 Å². The van der Waals surface area contributed by atoms with Gasteiger partial charge in [-0.25, -0.2) is 84.2 Å². The van der Waals surface area contributed by atoms with Gasteiger partial charge in [-0.05, 0) is 56.3 Å². The summed E-state index contributed by atoms with van der Waals surface area (Å²) in [4.78, 5) is 25.8. The third-order valence-electron chi connectivity index (χ3n) is 25.2. The van der Waals surface area contributed by atoms with E-state index in [4.69, 9.17) is 75.2 Å². The Morgan fingerprint density at radius 1 is 0.290 bits per heavy atom. The van der Waals surface area contributed by atoms with E-state index in [9.17, 15) is 155 Å². The fourth-order valence-corrected chi connectivity index (χ4v) is 21.8. The number of carbonyl (C=O) groups excluding carboxylic acids is 2. The molecule has 1 saturated carbocycles. The zero-order valence-corrected chi connectivity index (χ0v) is 83.0. The molecule has 0 N–H and O–H groups in total. The van der Waals surface area contributed by atoms with E-state index < -0.39 is 386 Å². The van der Waals surface area contributed by atoms with E-state index >= 15 is 0 Å². The normalized spacial score (nSPS) is 41.1. The molecule has 9 rings (SSSR count). The van der Waals surface area contributed by atoms with Gasteiger partial charge in [0, 0.05) is 48.5 Å². The number of ether oxygens (including phenoxy) is 15. The average Bonchev–Trinajstić information content (AvgIpc) is 1.52. The van der Waals surface area contributed by atoms with Crippen molar-refractivity contribution < 1.29 is 281 Å². The predicted molar refractivity (Wildman–Crippen MR) is 410 cm³/mol. The first-order valence-electron chi connectivity index (χ1n) is 40.5. The van der Waals surface area contributed by atoms with Gasteiger partial charge in [-0.1, -0.05) is 76.2 Å². The van der Waals surface area contributed by atoms with Crippen LogP contribution in [0, 0.1) is 76.9 Å². The maximum atomic E-state index is 12.9. The summed E-state index contributed by atoms with van der Waals surface area (Å²) in [7, 11) is -55.9. The SMILES string of the molecule is CC1C(C)[C@H](OSOO[O-])C(COS(=O)(=O)[O-])O[C@@H]1O[C@@H]1C(COS(=O)(=O)[O-])O[C@H](O[C@@H]2C(COS(=O)(=O)[O-])O[C@H](C)C(C)C2C)C(C)C1C.CO[C@@H]1C(COS(=O)(=O)[O-])O[C@H](O[C@@H]2C(C(=O)[O-])O[C@@H](O[C@@H]3C(COS(=O)(=O)[O-])O[C@@H](OC4(C)[C@@H]5C(C(=O)[O-])O[C@@H](O[C@@H]6C(COS(=O)(=O)[O-])O[C@H](C)C(OS(=O)(=O)[O-])C6OS(=O)(=O)[O-])C(C)[C@H]54)C(OS(=O)(=O)[O-])[C@H]3OS(=O)(=O)[O-])C(C)C2C)C(C)C1C. The molecule has 0 aromatic heterocycles. The Labute approximate surface area is 796 Å². The van der Waals surface area contributed by atoms with Crippen molar-refractivity contribution in [3.63, 3.8) is 0 Å². The molecule has 0 aromatic rings. The first-order valence-corrected chi connectivity index (χ1v) is 54.5. The van der Waals surface area contributed by atoms with E-state index in [2.05, 4.69) is 51.2 Å². The predicted octanol–water partition coefficient (Wildman–Crippen LogP) is -9.23. The minimum absolute atomic E-state index is 0.108. The van der Waals surface area contributed by atoms with Crippen molar-refractivity contribution in [1.29, 1.82) is 0 Å². The van der Waals surface area contributed by atoms with Crippen molar-refractivity contribution in [2.45, 2.75) is 268 Å². The second kappa shape index (κ2) is 47.4. The number of carboxylic acids is 2. The van der Waals surface area contributed by atoms with Gasteiger partial charge in [-0.15, -0.1) is 4.33 Å². The number of carboxylic acid groups (broad SMARTS) is 2. The summed E-state index contributed by atoms with van der Waals surface area (Å²) in [6.45, 7) is 14.4. The number of hydrogen-bond donors (Lipinski definition) is 0. The second-order valence-electron chi connectivity index (χ2n) is 33.7. The number of hydrogen-bond acceptors (Lipinski definition) is 64. The lowest BCUT2D eigenvalue weighted by atomic mass is 9.81. The van der Waals surface area contributed by atoms with Crippen LogP contribution < -0.4 is 15.5 Å². The summed E-state index contributed by atoms with van der Waals surface area (Å²) in [5.74, 6) is -15.7. The minimum Gasteiger partial charge on any atom is -0.726 e. The monoisotopic (exact) mass is 2230 g/mol. The zero-order chi connectivity index (χ0) is 104. The first kappa shape index (κ1) is 120. The molecule has 810 valence electrons.